The summed E-state index contributed by atoms with van der Waals surface area (Å²) in [4.78, 5) is 1.70. The summed E-state index contributed by atoms with van der Waals surface area (Å²) in [5, 5.41) is 8.03. The highest BCUT2D eigenvalue weighted by atomic mass is 16.5. The van der Waals surface area contributed by atoms with Crippen LogP contribution in [0.4, 0.5) is 0 Å². The molecule has 0 saturated heterocycles. The number of rotatable bonds is 6. The second-order valence-electron chi connectivity index (χ2n) is 3.25. The molecule has 0 saturated carbocycles. The first-order valence-corrected chi connectivity index (χ1v) is 4.75. The van der Waals surface area contributed by atoms with Crippen LogP contribution in [-0.2, 0) is 11.3 Å². The van der Waals surface area contributed by atoms with Gasteiger partial charge in [-0.1, -0.05) is 0 Å². The number of hydrogen-bond donors (Lipinski definition) is 0. The Morgan fingerprint density at radius 2 is 1.92 bits per heavy atom. The molecule has 1 rings (SSSR count). The van der Waals surface area contributed by atoms with Gasteiger partial charge >= 0.3 is 0 Å². The van der Waals surface area contributed by atoms with Crippen LogP contribution in [0, 0.1) is 0 Å². The van der Waals surface area contributed by atoms with E-state index >= 15 is 0 Å². The van der Waals surface area contributed by atoms with Gasteiger partial charge in [0, 0.05) is 6.61 Å². The molecule has 0 unspecified atom stereocenters. The van der Waals surface area contributed by atoms with E-state index in [2.05, 4.69) is 24.0 Å². The van der Waals surface area contributed by atoms with E-state index < -0.39 is 0 Å². The summed E-state index contributed by atoms with van der Waals surface area (Å²) in [6.07, 6.45) is 5.87. The minimum Gasteiger partial charge on any atom is -0.379 e. The summed E-state index contributed by atoms with van der Waals surface area (Å²) >= 11 is 0. The lowest BCUT2D eigenvalue weighted by Gasteiger charge is -2.06. The van der Waals surface area contributed by atoms with Crippen molar-refractivity contribution >= 4 is 0 Å². The van der Waals surface area contributed by atoms with Crippen molar-refractivity contribution in [3.8, 4) is 0 Å². The lowest BCUT2D eigenvalue weighted by molar-refractivity contribution is 0.0751. The molecule has 0 spiro atoms. The molecule has 0 aliphatic heterocycles. The third kappa shape index (κ3) is 4.62. The van der Waals surface area contributed by atoms with Crippen LogP contribution in [-0.4, -0.2) is 27.7 Å². The van der Waals surface area contributed by atoms with Crippen LogP contribution in [0.2, 0.25) is 0 Å². The van der Waals surface area contributed by atoms with Gasteiger partial charge in [0.1, 0.15) is 0 Å². The maximum absolute atomic E-state index is 5.41. The number of ether oxygens (including phenoxy) is 1. The normalized spacial score (nSPS) is 11.0. The van der Waals surface area contributed by atoms with E-state index in [-0.39, 0.29) is 0 Å². The molecule has 1 aromatic rings. The third-order valence-corrected chi connectivity index (χ3v) is 1.67. The quantitative estimate of drug-likeness (QED) is 0.627. The zero-order valence-corrected chi connectivity index (χ0v) is 8.31. The van der Waals surface area contributed by atoms with Crippen molar-refractivity contribution in [1.29, 1.82) is 0 Å². The minimum absolute atomic E-state index is 0.336. The summed E-state index contributed by atoms with van der Waals surface area (Å²) in [5.74, 6) is 0. The molecule has 1 aromatic heterocycles. The molecule has 4 heteroatoms. The highest BCUT2D eigenvalue weighted by Crippen LogP contribution is 1.95. The summed E-state index contributed by atoms with van der Waals surface area (Å²) in [5.41, 5.74) is 0. The fourth-order valence-corrected chi connectivity index (χ4v) is 1.03. The van der Waals surface area contributed by atoms with Gasteiger partial charge in [0.15, 0.2) is 0 Å². The number of unbranched alkanes of at least 4 members (excludes halogenated alkanes) is 1. The molecule has 0 aliphatic carbocycles. The van der Waals surface area contributed by atoms with E-state index in [0.29, 0.717) is 6.10 Å². The zero-order chi connectivity index (χ0) is 9.52. The SMILES string of the molecule is CC(C)OCCCCn1nccn1. The molecule has 0 radical (unpaired) electrons. The standard InChI is InChI=1S/C9H17N3O/c1-9(2)13-8-4-3-7-12-10-5-6-11-12/h5-6,9H,3-4,7-8H2,1-2H3. The lowest BCUT2D eigenvalue weighted by Crippen LogP contribution is -2.06. The molecule has 13 heavy (non-hydrogen) atoms. The summed E-state index contributed by atoms with van der Waals surface area (Å²) in [7, 11) is 0. The van der Waals surface area contributed by atoms with Crippen LogP contribution in [0.5, 0.6) is 0 Å². The topological polar surface area (TPSA) is 39.9 Å². The van der Waals surface area contributed by atoms with Crippen molar-refractivity contribution < 1.29 is 4.74 Å². The lowest BCUT2D eigenvalue weighted by atomic mass is 10.3. The highest BCUT2D eigenvalue weighted by molar-refractivity contribution is 4.59. The van der Waals surface area contributed by atoms with Gasteiger partial charge in [0.2, 0.25) is 0 Å². The van der Waals surface area contributed by atoms with E-state index in [9.17, 15) is 0 Å². The Morgan fingerprint density at radius 3 is 2.54 bits per heavy atom. The fraction of sp³-hybridized carbons (Fsp3) is 0.778. The Morgan fingerprint density at radius 1 is 1.23 bits per heavy atom. The Labute approximate surface area is 78.9 Å². The van der Waals surface area contributed by atoms with Crippen molar-refractivity contribution in [1.82, 2.24) is 15.0 Å². The molecule has 1 heterocycles. The van der Waals surface area contributed by atoms with Gasteiger partial charge in [-0.25, -0.2) is 0 Å². The maximum atomic E-state index is 5.41. The Kier molecular flexibility index (Phi) is 4.46. The van der Waals surface area contributed by atoms with Gasteiger partial charge < -0.3 is 4.74 Å². The number of aryl methyl sites for hydroxylation is 1. The number of nitrogens with zero attached hydrogens (tertiary/aromatic N) is 3. The zero-order valence-electron chi connectivity index (χ0n) is 8.31. The third-order valence-electron chi connectivity index (χ3n) is 1.67. The minimum atomic E-state index is 0.336. The smallest absolute Gasteiger partial charge is 0.0693 e. The first kappa shape index (κ1) is 10.2. The van der Waals surface area contributed by atoms with Crippen molar-refractivity contribution in [3.63, 3.8) is 0 Å². The average Bonchev–Trinajstić information content (AvgIpc) is 2.55. The largest absolute Gasteiger partial charge is 0.379 e. The van der Waals surface area contributed by atoms with Crippen LogP contribution in [0.15, 0.2) is 12.4 Å². The van der Waals surface area contributed by atoms with E-state index in [4.69, 9.17) is 4.74 Å². The van der Waals surface area contributed by atoms with Crippen LogP contribution in [0.25, 0.3) is 0 Å². The molecule has 0 aliphatic rings. The average molecular weight is 183 g/mol. The van der Waals surface area contributed by atoms with Crippen LogP contribution in [0.1, 0.15) is 26.7 Å². The van der Waals surface area contributed by atoms with Crippen molar-refractivity contribution in [2.24, 2.45) is 0 Å². The second-order valence-corrected chi connectivity index (χ2v) is 3.25. The number of hydrogen-bond acceptors (Lipinski definition) is 3. The molecule has 4 nitrogen and oxygen atoms in total. The molecule has 0 bridgehead atoms. The Hall–Kier alpha value is -0.900. The van der Waals surface area contributed by atoms with Crippen molar-refractivity contribution in [3.05, 3.63) is 12.4 Å². The summed E-state index contributed by atoms with van der Waals surface area (Å²) in [6.45, 7) is 5.82. The van der Waals surface area contributed by atoms with E-state index in [1.165, 1.54) is 0 Å². The van der Waals surface area contributed by atoms with Gasteiger partial charge in [-0.3, -0.25) is 0 Å². The molecular weight excluding hydrogens is 166 g/mol. The first-order valence-electron chi connectivity index (χ1n) is 4.75. The Balaban J connectivity index is 1.96. The maximum Gasteiger partial charge on any atom is 0.0693 e. The van der Waals surface area contributed by atoms with Crippen LogP contribution in [0.3, 0.4) is 0 Å². The van der Waals surface area contributed by atoms with Crippen LogP contribution >= 0.6 is 0 Å². The van der Waals surface area contributed by atoms with E-state index in [0.717, 1.165) is 26.0 Å². The predicted octanol–water partition coefficient (Wildman–Crippen LogP) is 1.48. The molecule has 74 valence electrons. The molecule has 0 N–H and O–H groups in total. The summed E-state index contributed by atoms with van der Waals surface area (Å²) < 4.78 is 5.41. The Bertz CT molecular complexity index is 209. The van der Waals surface area contributed by atoms with Gasteiger partial charge in [-0.05, 0) is 26.7 Å². The van der Waals surface area contributed by atoms with Crippen molar-refractivity contribution in [2.75, 3.05) is 6.61 Å². The van der Waals surface area contributed by atoms with E-state index in [1.807, 2.05) is 0 Å². The molecular formula is C9H17N3O. The fourth-order valence-electron chi connectivity index (χ4n) is 1.03. The van der Waals surface area contributed by atoms with Gasteiger partial charge in [-0.15, -0.1) is 0 Å². The second kappa shape index (κ2) is 5.70. The van der Waals surface area contributed by atoms with Crippen LogP contribution < -0.4 is 0 Å². The number of aromatic nitrogens is 3. The first-order chi connectivity index (χ1) is 6.29. The highest BCUT2D eigenvalue weighted by Gasteiger charge is 1.94. The van der Waals surface area contributed by atoms with Gasteiger partial charge in [-0.2, -0.15) is 15.0 Å². The van der Waals surface area contributed by atoms with Gasteiger partial charge in [0.25, 0.3) is 0 Å². The van der Waals surface area contributed by atoms with E-state index in [1.54, 1.807) is 17.2 Å². The van der Waals surface area contributed by atoms with Gasteiger partial charge in [0.05, 0.1) is 25.0 Å². The van der Waals surface area contributed by atoms with Crippen molar-refractivity contribution in [2.45, 2.75) is 39.3 Å². The monoisotopic (exact) mass is 183 g/mol. The molecule has 0 fully saturated rings. The molecule has 0 amide bonds. The summed E-state index contributed by atoms with van der Waals surface area (Å²) in [6, 6.07) is 0. The molecule has 0 aromatic carbocycles. The predicted molar refractivity (Wildman–Crippen MR) is 50.3 cm³/mol. The molecule has 0 atom stereocenters.